The number of carbonyl (C=O) groups excluding carboxylic acids is 1. The fraction of sp³-hybridized carbons (Fsp3) is 0.917. The van der Waals surface area contributed by atoms with Gasteiger partial charge in [-0.05, 0) is 25.4 Å². The molecule has 120 valence electrons. The number of sulfonamides is 1. The molecule has 0 aliphatic carbocycles. The molecule has 1 aliphatic rings. The second-order valence-electron chi connectivity index (χ2n) is 4.98. The van der Waals surface area contributed by atoms with Gasteiger partial charge in [0.2, 0.25) is 15.9 Å². The zero-order valence-electron chi connectivity index (χ0n) is 12.4. The first-order valence-electron chi connectivity index (χ1n) is 6.88. The molecule has 8 heteroatoms. The van der Waals surface area contributed by atoms with Gasteiger partial charge in [0.05, 0.1) is 0 Å². The number of hydrogen-bond donors (Lipinski definition) is 2. The molecule has 0 saturated carbocycles. The first-order valence-corrected chi connectivity index (χ1v) is 8.49. The molecule has 6 nitrogen and oxygen atoms in total. The number of carbonyl (C=O) groups is 1. The number of halogens is 1. The smallest absolute Gasteiger partial charge is 0.236 e. The van der Waals surface area contributed by atoms with Crippen molar-refractivity contribution >= 4 is 28.3 Å². The summed E-state index contributed by atoms with van der Waals surface area (Å²) in [6.07, 6.45) is 0.845. The molecule has 1 heterocycles. The van der Waals surface area contributed by atoms with Crippen molar-refractivity contribution in [1.29, 1.82) is 0 Å². The lowest BCUT2D eigenvalue weighted by Gasteiger charge is -2.30. The molecule has 1 fully saturated rings. The molecule has 20 heavy (non-hydrogen) atoms. The molecule has 2 unspecified atom stereocenters. The van der Waals surface area contributed by atoms with Crippen LogP contribution in [0.2, 0.25) is 0 Å². The van der Waals surface area contributed by atoms with Gasteiger partial charge in [0.15, 0.2) is 0 Å². The molecule has 1 amide bonds. The van der Waals surface area contributed by atoms with Crippen LogP contribution in [0, 0.1) is 5.92 Å². The van der Waals surface area contributed by atoms with Gasteiger partial charge >= 0.3 is 0 Å². The number of nitrogens with zero attached hydrogens (tertiary/aromatic N) is 1. The summed E-state index contributed by atoms with van der Waals surface area (Å²) in [4.78, 5) is 11.9. The van der Waals surface area contributed by atoms with Crippen molar-refractivity contribution in [3.05, 3.63) is 0 Å². The molecule has 0 spiro atoms. The predicted octanol–water partition coefficient (Wildman–Crippen LogP) is 0.194. The third-order valence-corrected chi connectivity index (χ3v) is 5.47. The molecule has 1 rings (SSSR count). The van der Waals surface area contributed by atoms with Crippen LogP contribution in [0.1, 0.15) is 27.2 Å². The van der Waals surface area contributed by atoms with Crippen LogP contribution in [0.3, 0.4) is 0 Å². The third kappa shape index (κ3) is 5.55. The summed E-state index contributed by atoms with van der Waals surface area (Å²) in [5, 5.41) is 6.09. The maximum atomic E-state index is 12.0. The molecule has 1 saturated heterocycles. The first kappa shape index (κ1) is 19.6. The Labute approximate surface area is 128 Å². The minimum Gasteiger partial charge on any atom is -0.352 e. The van der Waals surface area contributed by atoms with Crippen molar-refractivity contribution in [2.75, 3.05) is 31.9 Å². The zero-order chi connectivity index (χ0) is 14.5. The number of amides is 1. The molecule has 0 aromatic carbocycles. The normalized spacial score (nSPS) is 23.2. The van der Waals surface area contributed by atoms with Gasteiger partial charge in [-0.15, -0.1) is 12.4 Å². The average molecular weight is 328 g/mol. The first-order chi connectivity index (χ1) is 8.90. The van der Waals surface area contributed by atoms with E-state index in [2.05, 4.69) is 17.6 Å². The Morgan fingerprint density at radius 2 is 1.95 bits per heavy atom. The topological polar surface area (TPSA) is 78.5 Å². The van der Waals surface area contributed by atoms with Gasteiger partial charge in [0, 0.05) is 19.1 Å². The van der Waals surface area contributed by atoms with Crippen molar-refractivity contribution in [2.45, 2.75) is 33.2 Å². The minimum absolute atomic E-state index is 0. The standard InChI is InChI=1S/C12H25N3O3S.ClH/c1-4-15(5-2)19(17,18)9-12(16)14-11-6-7-13-8-10(11)3;/h10-11,13H,4-9H2,1-3H3,(H,14,16);1H. The lowest BCUT2D eigenvalue weighted by atomic mass is 9.95. The van der Waals surface area contributed by atoms with E-state index in [9.17, 15) is 13.2 Å². The van der Waals surface area contributed by atoms with E-state index in [4.69, 9.17) is 0 Å². The van der Waals surface area contributed by atoms with Crippen molar-refractivity contribution in [3.63, 3.8) is 0 Å². The molecule has 0 aromatic heterocycles. The fourth-order valence-corrected chi connectivity index (χ4v) is 3.73. The molecule has 0 aromatic rings. The van der Waals surface area contributed by atoms with Gasteiger partial charge < -0.3 is 10.6 Å². The maximum absolute atomic E-state index is 12.0. The van der Waals surface area contributed by atoms with Gasteiger partial charge in [-0.3, -0.25) is 4.79 Å². The van der Waals surface area contributed by atoms with Crippen LogP contribution in [0.25, 0.3) is 0 Å². The van der Waals surface area contributed by atoms with Crippen LogP contribution in [-0.4, -0.2) is 56.6 Å². The SMILES string of the molecule is CCN(CC)S(=O)(=O)CC(=O)NC1CCNCC1C.Cl. The summed E-state index contributed by atoms with van der Waals surface area (Å²) in [7, 11) is -3.48. The highest BCUT2D eigenvalue weighted by Gasteiger charge is 2.27. The van der Waals surface area contributed by atoms with Gasteiger partial charge in [-0.25, -0.2) is 12.7 Å². The van der Waals surface area contributed by atoms with E-state index in [0.29, 0.717) is 19.0 Å². The van der Waals surface area contributed by atoms with E-state index in [1.165, 1.54) is 4.31 Å². The fourth-order valence-electron chi connectivity index (χ4n) is 2.35. The molecule has 0 bridgehead atoms. The van der Waals surface area contributed by atoms with Gasteiger partial charge in [-0.2, -0.15) is 0 Å². The molecular weight excluding hydrogens is 302 g/mol. The summed E-state index contributed by atoms with van der Waals surface area (Å²) in [6, 6.07) is 0.0700. The van der Waals surface area contributed by atoms with E-state index < -0.39 is 21.7 Å². The maximum Gasteiger partial charge on any atom is 0.236 e. The van der Waals surface area contributed by atoms with Gasteiger partial charge in [-0.1, -0.05) is 20.8 Å². The Hall–Kier alpha value is -0.370. The van der Waals surface area contributed by atoms with E-state index in [0.717, 1.165) is 19.5 Å². The van der Waals surface area contributed by atoms with E-state index in [-0.39, 0.29) is 18.4 Å². The van der Waals surface area contributed by atoms with Crippen LogP contribution >= 0.6 is 12.4 Å². The molecule has 1 aliphatic heterocycles. The van der Waals surface area contributed by atoms with Crippen molar-refractivity contribution in [1.82, 2.24) is 14.9 Å². The van der Waals surface area contributed by atoms with Crippen LogP contribution in [-0.2, 0) is 14.8 Å². The molecule has 0 radical (unpaired) electrons. The second-order valence-corrected chi connectivity index (χ2v) is 6.95. The summed E-state index contributed by atoms with van der Waals surface area (Å²) in [5.41, 5.74) is 0. The monoisotopic (exact) mass is 327 g/mol. The second kappa shape index (κ2) is 8.81. The molecular formula is C12H26ClN3O3S. The minimum atomic E-state index is -3.48. The van der Waals surface area contributed by atoms with Gasteiger partial charge in [0.25, 0.3) is 0 Å². The van der Waals surface area contributed by atoms with Crippen molar-refractivity contribution in [2.24, 2.45) is 5.92 Å². The number of nitrogens with one attached hydrogen (secondary N) is 2. The van der Waals surface area contributed by atoms with E-state index in [1.807, 2.05) is 0 Å². The summed E-state index contributed by atoms with van der Waals surface area (Å²) in [6.45, 7) is 8.11. The lowest BCUT2D eigenvalue weighted by Crippen LogP contribution is -2.50. The highest BCUT2D eigenvalue weighted by molar-refractivity contribution is 7.89. The molecule has 2 N–H and O–H groups in total. The Morgan fingerprint density at radius 1 is 1.35 bits per heavy atom. The lowest BCUT2D eigenvalue weighted by molar-refractivity contribution is -0.119. The van der Waals surface area contributed by atoms with Gasteiger partial charge in [0.1, 0.15) is 5.75 Å². The van der Waals surface area contributed by atoms with Crippen LogP contribution in [0.15, 0.2) is 0 Å². The van der Waals surface area contributed by atoms with Crippen molar-refractivity contribution in [3.8, 4) is 0 Å². The van der Waals surface area contributed by atoms with Crippen LogP contribution in [0.4, 0.5) is 0 Å². The Balaban J connectivity index is 0.00000361. The zero-order valence-corrected chi connectivity index (χ0v) is 14.0. The third-order valence-electron chi connectivity index (χ3n) is 3.54. The molecule has 2 atom stereocenters. The number of rotatable bonds is 6. The van der Waals surface area contributed by atoms with Crippen molar-refractivity contribution < 1.29 is 13.2 Å². The van der Waals surface area contributed by atoms with E-state index >= 15 is 0 Å². The Kier molecular flexibility index (Phi) is 8.65. The Bertz CT molecular complexity index is 399. The summed E-state index contributed by atoms with van der Waals surface area (Å²) in [5.74, 6) is -0.523. The van der Waals surface area contributed by atoms with E-state index in [1.54, 1.807) is 13.8 Å². The number of piperidine rings is 1. The summed E-state index contributed by atoms with van der Waals surface area (Å²) >= 11 is 0. The summed E-state index contributed by atoms with van der Waals surface area (Å²) < 4.78 is 25.3. The highest BCUT2D eigenvalue weighted by atomic mass is 35.5. The predicted molar refractivity (Wildman–Crippen MR) is 82.5 cm³/mol. The van der Waals surface area contributed by atoms with Crippen LogP contribution < -0.4 is 10.6 Å². The largest absolute Gasteiger partial charge is 0.352 e. The van der Waals surface area contributed by atoms with Crippen LogP contribution in [0.5, 0.6) is 0 Å². The number of hydrogen-bond acceptors (Lipinski definition) is 4. The highest BCUT2D eigenvalue weighted by Crippen LogP contribution is 2.10. The quantitative estimate of drug-likeness (QED) is 0.730. The average Bonchev–Trinajstić information content (AvgIpc) is 2.32. The Morgan fingerprint density at radius 3 is 2.45 bits per heavy atom.